The minimum atomic E-state index is 0.234. The fourth-order valence-corrected chi connectivity index (χ4v) is 2.61. The molecule has 1 saturated carbocycles. The summed E-state index contributed by atoms with van der Waals surface area (Å²) >= 11 is 3.50. The lowest BCUT2D eigenvalue weighted by Crippen LogP contribution is -2.28. The minimum absolute atomic E-state index is 0.234. The molecule has 0 amide bonds. The maximum absolute atomic E-state index is 5.64. The number of ether oxygens (including phenoxy) is 1. The van der Waals surface area contributed by atoms with Crippen molar-refractivity contribution in [3.8, 4) is 5.75 Å². The summed E-state index contributed by atoms with van der Waals surface area (Å²) in [5.41, 5.74) is 4.11. The Kier molecular flexibility index (Phi) is 4.42. The molecule has 94 valence electrons. The molecule has 3 nitrogen and oxygen atoms in total. The van der Waals surface area contributed by atoms with Crippen molar-refractivity contribution in [1.29, 1.82) is 0 Å². The van der Waals surface area contributed by atoms with Crippen LogP contribution in [0.4, 0.5) is 0 Å². The van der Waals surface area contributed by atoms with Gasteiger partial charge in [0, 0.05) is 6.04 Å². The maximum Gasteiger partial charge on any atom is 0.133 e. The number of methoxy groups -OCH3 is 1. The molecule has 1 fully saturated rings. The molecule has 0 aromatic heterocycles. The predicted molar refractivity (Wildman–Crippen MR) is 72.7 cm³/mol. The molecule has 0 bridgehead atoms. The highest BCUT2D eigenvalue weighted by molar-refractivity contribution is 9.10. The van der Waals surface area contributed by atoms with Crippen LogP contribution in [-0.2, 0) is 0 Å². The molecule has 1 aliphatic rings. The van der Waals surface area contributed by atoms with Crippen LogP contribution in [-0.4, -0.2) is 7.11 Å². The van der Waals surface area contributed by atoms with Crippen LogP contribution >= 0.6 is 15.9 Å². The van der Waals surface area contributed by atoms with Crippen LogP contribution in [0.1, 0.15) is 37.3 Å². The molecule has 2 rings (SSSR count). The summed E-state index contributed by atoms with van der Waals surface area (Å²) in [5.74, 6) is 7.43. The molecule has 17 heavy (non-hydrogen) atoms. The van der Waals surface area contributed by atoms with E-state index in [1.807, 2.05) is 6.07 Å². The first-order valence-corrected chi connectivity index (χ1v) is 6.83. The average Bonchev–Trinajstić information content (AvgIpc) is 3.14. The average molecular weight is 299 g/mol. The first-order chi connectivity index (χ1) is 8.24. The molecule has 0 saturated heterocycles. The summed E-state index contributed by atoms with van der Waals surface area (Å²) in [5, 5.41) is 0. The fraction of sp³-hybridized carbons (Fsp3) is 0.538. The van der Waals surface area contributed by atoms with Crippen molar-refractivity contribution in [2.75, 3.05) is 7.11 Å². The third kappa shape index (κ3) is 3.44. The van der Waals surface area contributed by atoms with Crippen LogP contribution < -0.4 is 16.0 Å². The highest BCUT2D eigenvalue weighted by atomic mass is 79.9. The minimum Gasteiger partial charge on any atom is -0.496 e. The van der Waals surface area contributed by atoms with Gasteiger partial charge in [0.25, 0.3) is 0 Å². The summed E-state index contributed by atoms with van der Waals surface area (Å²) < 4.78 is 6.20. The SMILES string of the molecule is COc1ccc(C(CCC2CC2)NN)cc1Br. The summed E-state index contributed by atoms with van der Waals surface area (Å²) in [6.45, 7) is 0. The summed E-state index contributed by atoms with van der Waals surface area (Å²) in [4.78, 5) is 0. The first-order valence-electron chi connectivity index (χ1n) is 6.04. The van der Waals surface area contributed by atoms with Gasteiger partial charge in [0.15, 0.2) is 0 Å². The molecule has 0 radical (unpaired) electrons. The van der Waals surface area contributed by atoms with E-state index in [1.165, 1.54) is 24.8 Å². The van der Waals surface area contributed by atoms with Crippen molar-refractivity contribution in [2.45, 2.75) is 31.7 Å². The second-order valence-electron chi connectivity index (χ2n) is 4.63. The van der Waals surface area contributed by atoms with Gasteiger partial charge >= 0.3 is 0 Å². The summed E-state index contributed by atoms with van der Waals surface area (Å²) in [6, 6.07) is 6.36. The van der Waals surface area contributed by atoms with Crippen molar-refractivity contribution in [1.82, 2.24) is 5.43 Å². The van der Waals surface area contributed by atoms with E-state index < -0.39 is 0 Å². The zero-order valence-electron chi connectivity index (χ0n) is 10.1. The second-order valence-corrected chi connectivity index (χ2v) is 5.49. The van der Waals surface area contributed by atoms with Crippen LogP contribution in [0, 0.1) is 5.92 Å². The standard InChI is InChI=1S/C13H19BrN2O/c1-17-13-7-5-10(8-11(13)14)12(16-15)6-4-9-2-3-9/h5,7-9,12,16H,2-4,6,15H2,1H3. The van der Waals surface area contributed by atoms with Crippen molar-refractivity contribution >= 4 is 15.9 Å². The van der Waals surface area contributed by atoms with E-state index >= 15 is 0 Å². The van der Waals surface area contributed by atoms with Crippen LogP contribution in [0.3, 0.4) is 0 Å². The van der Waals surface area contributed by atoms with Crippen LogP contribution in [0.5, 0.6) is 5.75 Å². The molecule has 0 aliphatic heterocycles. The molecule has 1 atom stereocenters. The summed E-state index contributed by atoms with van der Waals surface area (Å²) in [6.07, 6.45) is 5.14. The third-order valence-corrected chi connectivity index (χ3v) is 3.96. The van der Waals surface area contributed by atoms with Gasteiger partial charge in [0.2, 0.25) is 0 Å². The number of halogens is 1. The van der Waals surface area contributed by atoms with Crippen LogP contribution in [0.25, 0.3) is 0 Å². The van der Waals surface area contributed by atoms with E-state index in [2.05, 4.69) is 33.5 Å². The largest absolute Gasteiger partial charge is 0.496 e. The van der Waals surface area contributed by atoms with Crippen molar-refractivity contribution in [3.63, 3.8) is 0 Å². The fourth-order valence-electron chi connectivity index (χ4n) is 2.05. The quantitative estimate of drug-likeness (QED) is 0.626. The van der Waals surface area contributed by atoms with Gasteiger partial charge in [-0.15, -0.1) is 0 Å². The number of nitrogens with one attached hydrogen (secondary N) is 1. The van der Waals surface area contributed by atoms with Crippen molar-refractivity contribution < 1.29 is 4.74 Å². The zero-order valence-corrected chi connectivity index (χ0v) is 11.7. The Morgan fingerprint density at radius 2 is 2.29 bits per heavy atom. The number of nitrogens with two attached hydrogens (primary N) is 1. The van der Waals surface area contributed by atoms with E-state index in [4.69, 9.17) is 10.6 Å². The molecule has 1 aromatic carbocycles. The Labute approximate surface area is 111 Å². The Bertz CT molecular complexity index is 380. The Morgan fingerprint density at radius 1 is 1.53 bits per heavy atom. The molecule has 1 unspecified atom stereocenters. The highest BCUT2D eigenvalue weighted by Crippen LogP contribution is 2.36. The van der Waals surface area contributed by atoms with E-state index in [9.17, 15) is 0 Å². The van der Waals surface area contributed by atoms with Gasteiger partial charge in [-0.25, -0.2) is 0 Å². The summed E-state index contributed by atoms with van der Waals surface area (Å²) in [7, 11) is 1.67. The number of benzene rings is 1. The molecule has 0 spiro atoms. The van der Waals surface area contributed by atoms with E-state index in [0.29, 0.717) is 0 Å². The molecule has 0 heterocycles. The molecular formula is C13H19BrN2O. The van der Waals surface area contributed by atoms with Gasteiger partial charge in [-0.2, -0.15) is 0 Å². The first kappa shape index (κ1) is 12.9. The predicted octanol–water partition coefficient (Wildman–Crippen LogP) is 3.15. The van der Waals surface area contributed by atoms with E-state index in [-0.39, 0.29) is 6.04 Å². The molecule has 3 N–H and O–H groups in total. The smallest absolute Gasteiger partial charge is 0.133 e. The van der Waals surface area contributed by atoms with Gasteiger partial charge in [0.05, 0.1) is 11.6 Å². The molecule has 1 aromatic rings. The highest BCUT2D eigenvalue weighted by Gasteiger charge is 2.22. The van der Waals surface area contributed by atoms with Gasteiger partial charge < -0.3 is 4.74 Å². The van der Waals surface area contributed by atoms with Gasteiger partial charge in [-0.3, -0.25) is 11.3 Å². The van der Waals surface area contributed by atoms with Gasteiger partial charge in [-0.05, 0) is 52.4 Å². The Balaban J connectivity index is 2.03. The van der Waals surface area contributed by atoms with Crippen molar-refractivity contribution in [2.24, 2.45) is 11.8 Å². The van der Waals surface area contributed by atoms with Crippen molar-refractivity contribution in [3.05, 3.63) is 28.2 Å². The molecule has 1 aliphatic carbocycles. The van der Waals surface area contributed by atoms with E-state index in [0.717, 1.165) is 22.6 Å². The topological polar surface area (TPSA) is 47.3 Å². The maximum atomic E-state index is 5.64. The van der Waals surface area contributed by atoms with Gasteiger partial charge in [-0.1, -0.05) is 18.9 Å². The van der Waals surface area contributed by atoms with Gasteiger partial charge in [0.1, 0.15) is 5.75 Å². The normalized spacial score (nSPS) is 16.9. The lowest BCUT2D eigenvalue weighted by Gasteiger charge is -2.17. The second kappa shape index (κ2) is 5.85. The van der Waals surface area contributed by atoms with Crippen LogP contribution in [0.2, 0.25) is 0 Å². The lowest BCUT2D eigenvalue weighted by atomic mass is 10.0. The van der Waals surface area contributed by atoms with E-state index in [1.54, 1.807) is 7.11 Å². The van der Waals surface area contributed by atoms with Crippen LogP contribution in [0.15, 0.2) is 22.7 Å². The monoisotopic (exact) mass is 298 g/mol. The molecule has 4 heteroatoms. The lowest BCUT2D eigenvalue weighted by molar-refractivity contribution is 0.411. The zero-order chi connectivity index (χ0) is 12.3. The number of rotatable bonds is 6. The Hall–Kier alpha value is -0.580. The number of hydrogen-bond donors (Lipinski definition) is 2. The third-order valence-electron chi connectivity index (χ3n) is 3.34. The number of hydrogen-bond acceptors (Lipinski definition) is 3. The number of hydrazine groups is 1. The Morgan fingerprint density at radius 3 is 2.82 bits per heavy atom. The molecular weight excluding hydrogens is 280 g/mol.